The molecule has 0 aliphatic rings. The van der Waals surface area contributed by atoms with E-state index in [0.29, 0.717) is 0 Å². The summed E-state index contributed by atoms with van der Waals surface area (Å²) >= 11 is 1.75. The smallest absolute Gasteiger partial charge is 0.0986 e. The van der Waals surface area contributed by atoms with Crippen molar-refractivity contribution in [3.63, 3.8) is 0 Å². The van der Waals surface area contributed by atoms with Gasteiger partial charge in [0, 0.05) is 32.1 Å². The van der Waals surface area contributed by atoms with E-state index in [-0.39, 0.29) is 0 Å². The zero-order valence-electron chi connectivity index (χ0n) is 13.1. The molecule has 0 fully saturated rings. The summed E-state index contributed by atoms with van der Waals surface area (Å²) in [5, 5.41) is 8.92. The normalized spacial score (nSPS) is 11.0. The molecule has 0 amide bonds. The van der Waals surface area contributed by atoms with Crippen LogP contribution in [0.4, 0.5) is 0 Å². The maximum atomic E-state index is 5.03. The molecular formula is C16H23N3OS. The van der Waals surface area contributed by atoms with Gasteiger partial charge in [-0.25, -0.2) is 0 Å². The van der Waals surface area contributed by atoms with E-state index in [4.69, 9.17) is 4.74 Å². The molecule has 0 saturated heterocycles. The SMILES string of the molecule is COCCNCc1ccc(Sc2cc(C)nn2C)cc1C. The first-order chi connectivity index (χ1) is 10.1. The minimum atomic E-state index is 0.743. The summed E-state index contributed by atoms with van der Waals surface area (Å²) < 4.78 is 6.96. The van der Waals surface area contributed by atoms with E-state index < -0.39 is 0 Å². The van der Waals surface area contributed by atoms with Gasteiger partial charge in [-0.3, -0.25) is 4.68 Å². The van der Waals surface area contributed by atoms with Crippen molar-refractivity contribution in [3.8, 4) is 0 Å². The van der Waals surface area contributed by atoms with E-state index in [2.05, 4.69) is 41.6 Å². The molecule has 0 radical (unpaired) electrons. The number of benzene rings is 1. The number of hydrogen-bond donors (Lipinski definition) is 1. The minimum Gasteiger partial charge on any atom is -0.383 e. The summed E-state index contributed by atoms with van der Waals surface area (Å²) in [7, 11) is 3.70. The molecule has 1 N–H and O–H groups in total. The first-order valence-corrected chi connectivity index (χ1v) is 7.89. The topological polar surface area (TPSA) is 39.1 Å². The fourth-order valence-corrected chi connectivity index (χ4v) is 3.15. The number of ether oxygens (including phenoxy) is 1. The Balaban J connectivity index is 2.00. The molecule has 21 heavy (non-hydrogen) atoms. The summed E-state index contributed by atoms with van der Waals surface area (Å²) in [6.07, 6.45) is 0. The summed E-state index contributed by atoms with van der Waals surface area (Å²) in [4.78, 5) is 1.25. The van der Waals surface area contributed by atoms with Crippen LogP contribution in [0.1, 0.15) is 16.8 Å². The summed E-state index contributed by atoms with van der Waals surface area (Å²) in [6, 6.07) is 8.72. The molecule has 2 rings (SSSR count). The van der Waals surface area contributed by atoms with E-state index in [1.165, 1.54) is 16.0 Å². The summed E-state index contributed by atoms with van der Waals surface area (Å²) in [5.74, 6) is 0. The van der Waals surface area contributed by atoms with Crippen molar-refractivity contribution in [3.05, 3.63) is 41.1 Å². The lowest BCUT2D eigenvalue weighted by atomic mass is 10.1. The van der Waals surface area contributed by atoms with E-state index in [0.717, 1.165) is 30.4 Å². The highest BCUT2D eigenvalue weighted by molar-refractivity contribution is 7.99. The predicted octanol–water partition coefficient (Wildman–Crippen LogP) is 2.92. The van der Waals surface area contributed by atoms with E-state index in [1.807, 2.05) is 18.7 Å². The highest BCUT2D eigenvalue weighted by atomic mass is 32.2. The molecular weight excluding hydrogens is 282 g/mol. The van der Waals surface area contributed by atoms with Crippen LogP contribution in [0.15, 0.2) is 34.2 Å². The first kappa shape index (κ1) is 16.1. The van der Waals surface area contributed by atoms with Gasteiger partial charge in [0.15, 0.2) is 0 Å². The Bertz CT molecular complexity index is 595. The van der Waals surface area contributed by atoms with E-state index in [9.17, 15) is 0 Å². The average Bonchev–Trinajstić information content (AvgIpc) is 2.75. The zero-order chi connectivity index (χ0) is 15.2. The second kappa shape index (κ2) is 7.64. The Kier molecular flexibility index (Phi) is 5.85. The number of aryl methyl sites for hydroxylation is 3. The number of nitrogens with zero attached hydrogens (tertiary/aromatic N) is 2. The van der Waals surface area contributed by atoms with Crippen LogP contribution in [-0.2, 0) is 18.3 Å². The lowest BCUT2D eigenvalue weighted by molar-refractivity contribution is 0.199. The highest BCUT2D eigenvalue weighted by Gasteiger charge is 2.06. The largest absolute Gasteiger partial charge is 0.383 e. The average molecular weight is 305 g/mol. The van der Waals surface area contributed by atoms with Gasteiger partial charge in [0.1, 0.15) is 0 Å². The molecule has 2 aromatic rings. The number of hydrogen-bond acceptors (Lipinski definition) is 4. The Hall–Kier alpha value is -1.30. The van der Waals surface area contributed by atoms with Crippen molar-refractivity contribution in [2.24, 2.45) is 7.05 Å². The van der Waals surface area contributed by atoms with Gasteiger partial charge in [-0.15, -0.1) is 0 Å². The molecule has 1 aromatic heterocycles. The third-order valence-corrected chi connectivity index (χ3v) is 4.37. The van der Waals surface area contributed by atoms with Gasteiger partial charge in [0.05, 0.1) is 17.3 Å². The van der Waals surface area contributed by atoms with Crippen LogP contribution in [0.25, 0.3) is 0 Å². The lowest BCUT2D eigenvalue weighted by Gasteiger charge is -2.09. The molecule has 114 valence electrons. The van der Waals surface area contributed by atoms with Gasteiger partial charge in [-0.05, 0) is 43.2 Å². The van der Waals surface area contributed by atoms with Crippen LogP contribution in [0.3, 0.4) is 0 Å². The minimum absolute atomic E-state index is 0.743. The molecule has 0 spiro atoms. The maximum absolute atomic E-state index is 5.03. The van der Waals surface area contributed by atoms with Gasteiger partial charge >= 0.3 is 0 Å². The summed E-state index contributed by atoms with van der Waals surface area (Å²) in [6.45, 7) is 6.68. The van der Waals surface area contributed by atoms with Crippen molar-refractivity contribution in [1.29, 1.82) is 0 Å². The van der Waals surface area contributed by atoms with Crippen LogP contribution in [0.2, 0.25) is 0 Å². The Morgan fingerprint density at radius 3 is 2.71 bits per heavy atom. The maximum Gasteiger partial charge on any atom is 0.0986 e. The molecule has 0 aliphatic carbocycles. The number of aromatic nitrogens is 2. The van der Waals surface area contributed by atoms with Crippen LogP contribution in [0.5, 0.6) is 0 Å². The zero-order valence-corrected chi connectivity index (χ0v) is 14.0. The van der Waals surface area contributed by atoms with Crippen LogP contribution >= 0.6 is 11.8 Å². The molecule has 0 aliphatic heterocycles. The number of nitrogens with one attached hydrogen (secondary N) is 1. The fourth-order valence-electron chi connectivity index (χ4n) is 2.13. The molecule has 5 heteroatoms. The van der Waals surface area contributed by atoms with Crippen molar-refractivity contribution < 1.29 is 4.74 Å². The molecule has 4 nitrogen and oxygen atoms in total. The Morgan fingerprint density at radius 2 is 2.10 bits per heavy atom. The molecule has 0 atom stereocenters. The van der Waals surface area contributed by atoms with Gasteiger partial charge in [-0.2, -0.15) is 5.10 Å². The molecule has 1 heterocycles. The Morgan fingerprint density at radius 1 is 1.29 bits per heavy atom. The molecule has 1 aromatic carbocycles. The van der Waals surface area contributed by atoms with Crippen molar-refractivity contribution in [1.82, 2.24) is 15.1 Å². The highest BCUT2D eigenvalue weighted by Crippen LogP contribution is 2.29. The monoisotopic (exact) mass is 305 g/mol. The van der Waals surface area contributed by atoms with E-state index >= 15 is 0 Å². The van der Waals surface area contributed by atoms with Gasteiger partial charge < -0.3 is 10.1 Å². The van der Waals surface area contributed by atoms with Gasteiger partial charge in [0.25, 0.3) is 0 Å². The van der Waals surface area contributed by atoms with Crippen LogP contribution in [-0.4, -0.2) is 30.0 Å². The quantitative estimate of drug-likeness (QED) is 0.798. The Labute approximate surface area is 130 Å². The van der Waals surface area contributed by atoms with Crippen LogP contribution < -0.4 is 5.32 Å². The van der Waals surface area contributed by atoms with Gasteiger partial charge in [0.2, 0.25) is 0 Å². The molecule has 0 bridgehead atoms. The first-order valence-electron chi connectivity index (χ1n) is 7.08. The molecule has 0 unspecified atom stereocenters. The van der Waals surface area contributed by atoms with Gasteiger partial charge in [-0.1, -0.05) is 17.8 Å². The second-order valence-corrected chi connectivity index (χ2v) is 6.20. The molecule has 0 saturated carbocycles. The number of methoxy groups -OCH3 is 1. The lowest BCUT2D eigenvalue weighted by Crippen LogP contribution is -2.19. The van der Waals surface area contributed by atoms with Crippen molar-refractivity contribution in [2.45, 2.75) is 30.3 Å². The standard InChI is InChI=1S/C16H23N3OS/c1-12-9-15(21-16-10-13(2)18-19(16)3)6-5-14(12)11-17-7-8-20-4/h5-6,9-10,17H,7-8,11H2,1-4H3. The predicted molar refractivity (Wildman–Crippen MR) is 86.8 cm³/mol. The summed E-state index contributed by atoms with van der Waals surface area (Å²) in [5.41, 5.74) is 3.69. The van der Waals surface area contributed by atoms with E-state index in [1.54, 1.807) is 18.9 Å². The fraction of sp³-hybridized carbons (Fsp3) is 0.438. The third kappa shape index (κ3) is 4.59. The van der Waals surface area contributed by atoms with Crippen molar-refractivity contribution >= 4 is 11.8 Å². The third-order valence-electron chi connectivity index (χ3n) is 3.29. The number of rotatable bonds is 7. The van der Waals surface area contributed by atoms with Crippen LogP contribution in [0, 0.1) is 13.8 Å². The second-order valence-electron chi connectivity index (χ2n) is 5.11. The van der Waals surface area contributed by atoms with Crippen molar-refractivity contribution in [2.75, 3.05) is 20.3 Å².